The molecule has 5 aromatic rings. The van der Waals surface area contributed by atoms with Gasteiger partial charge in [-0.2, -0.15) is 10.4 Å². The van der Waals surface area contributed by atoms with E-state index in [9.17, 15) is 5.26 Å². The Morgan fingerprint density at radius 2 is 1.76 bits per heavy atom. The lowest BCUT2D eigenvalue weighted by atomic mass is 10.1. The third-order valence-corrected chi connectivity index (χ3v) is 6.18. The Kier molecular flexibility index (Phi) is 5.66. The standard InChI is InChI=1S/C26H20N6S/c1-31-25(20-11-6-3-7-12-20)28-29-26(31)21(16-27)15-22-18-32(17-19-9-4-2-5-10-19)30-24(22)23-13-8-14-33-23/h2-15,18H,17H2,1H3. The van der Waals surface area contributed by atoms with Crippen molar-refractivity contribution in [1.29, 1.82) is 5.26 Å². The maximum atomic E-state index is 9.98. The molecule has 3 heterocycles. The van der Waals surface area contributed by atoms with E-state index in [1.54, 1.807) is 11.3 Å². The molecule has 0 saturated carbocycles. The Morgan fingerprint density at radius 3 is 2.45 bits per heavy atom. The zero-order valence-corrected chi connectivity index (χ0v) is 18.8. The molecule has 0 fully saturated rings. The number of thiophene rings is 1. The van der Waals surface area contributed by atoms with Crippen LogP contribution in [0, 0.1) is 11.3 Å². The maximum absolute atomic E-state index is 9.98. The van der Waals surface area contributed by atoms with Gasteiger partial charge in [0.2, 0.25) is 0 Å². The lowest BCUT2D eigenvalue weighted by Gasteiger charge is -2.03. The van der Waals surface area contributed by atoms with Gasteiger partial charge < -0.3 is 4.57 Å². The van der Waals surface area contributed by atoms with Crippen molar-refractivity contribution in [3.8, 4) is 28.0 Å². The fourth-order valence-corrected chi connectivity index (χ4v) is 4.43. The largest absolute Gasteiger partial charge is 0.310 e. The van der Waals surface area contributed by atoms with Gasteiger partial charge in [-0.25, -0.2) is 0 Å². The van der Waals surface area contributed by atoms with Crippen LogP contribution >= 0.6 is 11.3 Å². The quantitative estimate of drug-likeness (QED) is 0.321. The minimum atomic E-state index is 0.434. The van der Waals surface area contributed by atoms with Crippen LogP contribution in [0.15, 0.2) is 84.4 Å². The monoisotopic (exact) mass is 448 g/mol. The topological polar surface area (TPSA) is 72.3 Å². The van der Waals surface area contributed by atoms with E-state index in [4.69, 9.17) is 5.10 Å². The summed E-state index contributed by atoms with van der Waals surface area (Å²) in [4.78, 5) is 1.05. The first-order chi connectivity index (χ1) is 16.2. The van der Waals surface area contributed by atoms with Gasteiger partial charge in [-0.15, -0.1) is 21.5 Å². The molecular formula is C26H20N6S. The minimum Gasteiger partial charge on any atom is -0.310 e. The summed E-state index contributed by atoms with van der Waals surface area (Å²) in [5, 5.41) is 25.5. The molecule has 0 aliphatic rings. The summed E-state index contributed by atoms with van der Waals surface area (Å²) < 4.78 is 3.76. The van der Waals surface area contributed by atoms with Crippen LogP contribution in [0.1, 0.15) is 17.0 Å². The number of aromatic nitrogens is 5. The van der Waals surface area contributed by atoms with Crippen LogP contribution < -0.4 is 0 Å². The summed E-state index contributed by atoms with van der Waals surface area (Å²) in [7, 11) is 1.88. The van der Waals surface area contributed by atoms with Crippen LogP contribution in [-0.4, -0.2) is 24.5 Å². The predicted molar refractivity (Wildman–Crippen MR) is 131 cm³/mol. The summed E-state index contributed by atoms with van der Waals surface area (Å²) in [6.45, 7) is 0.650. The first kappa shape index (κ1) is 20.6. The van der Waals surface area contributed by atoms with E-state index in [1.807, 2.05) is 94.6 Å². The molecule has 7 heteroatoms. The average Bonchev–Trinajstić information content (AvgIpc) is 3.59. The molecule has 3 aromatic heterocycles. The Balaban J connectivity index is 1.56. The highest BCUT2D eigenvalue weighted by Gasteiger charge is 2.17. The van der Waals surface area contributed by atoms with Gasteiger partial charge in [0.15, 0.2) is 11.6 Å². The summed E-state index contributed by atoms with van der Waals surface area (Å²) in [5.41, 5.74) is 4.26. The van der Waals surface area contributed by atoms with Crippen molar-refractivity contribution in [2.24, 2.45) is 7.05 Å². The molecule has 0 amide bonds. The lowest BCUT2D eigenvalue weighted by Crippen LogP contribution is -1.99. The van der Waals surface area contributed by atoms with Crippen molar-refractivity contribution in [1.82, 2.24) is 24.5 Å². The molecule has 2 aromatic carbocycles. The van der Waals surface area contributed by atoms with E-state index < -0.39 is 0 Å². The normalized spacial score (nSPS) is 11.5. The molecule has 0 unspecified atom stereocenters. The summed E-state index contributed by atoms with van der Waals surface area (Å²) >= 11 is 1.62. The second-order valence-electron chi connectivity index (χ2n) is 7.54. The number of hydrogen-bond donors (Lipinski definition) is 0. The summed E-state index contributed by atoms with van der Waals surface area (Å²) in [6, 6.07) is 26.4. The van der Waals surface area contributed by atoms with Gasteiger partial charge in [-0.3, -0.25) is 4.68 Å². The van der Waals surface area contributed by atoms with Crippen LogP contribution in [0.5, 0.6) is 0 Å². The molecule has 160 valence electrons. The van der Waals surface area contributed by atoms with Gasteiger partial charge >= 0.3 is 0 Å². The molecular weight excluding hydrogens is 428 g/mol. The van der Waals surface area contributed by atoms with Crippen molar-refractivity contribution in [3.63, 3.8) is 0 Å². The highest BCUT2D eigenvalue weighted by molar-refractivity contribution is 7.13. The summed E-state index contributed by atoms with van der Waals surface area (Å²) in [5.74, 6) is 1.23. The molecule has 5 rings (SSSR count). The second kappa shape index (κ2) is 9.07. The van der Waals surface area contributed by atoms with Gasteiger partial charge in [0.05, 0.1) is 17.0 Å². The van der Waals surface area contributed by atoms with Crippen molar-refractivity contribution < 1.29 is 0 Å². The molecule has 0 bridgehead atoms. The molecule has 0 radical (unpaired) electrons. The Bertz CT molecular complexity index is 1440. The van der Waals surface area contributed by atoms with Crippen LogP contribution in [-0.2, 0) is 13.6 Å². The third kappa shape index (κ3) is 4.25. The molecule has 0 saturated heterocycles. The maximum Gasteiger partial charge on any atom is 0.174 e. The van der Waals surface area contributed by atoms with E-state index in [2.05, 4.69) is 28.4 Å². The molecule has 0 aliphatic heterocycles. The molecule has 0 atom stereocenters. The predicted octanol–water partition coefficient (Wildman–Crippen LogP) is 5.52. The fraction of sp³-hybridized carbons (Fsp3) is 0.0769. The van der Waals surface area contributed by atoms with Crippen LogP contribution in [0.2, 0.25) is 0 Å². The van der Waals surface area contributed by atoms with Gasteiger partial charge in [0, 0.05) is 24.4 Å². The molecule has 0 N–H and O–H groups in total. The number of hydrogen-bond acceptors (Lipinski definition) is 5. The Labute approximate surface area is 195 Å². The van der Waals surface area contributed by atoms with E-state index in [1.165, 1.54) is 0 Å². The van der Waals surface area contributed by atoms with Gasteiger partial charge in [0.1, 0.15) is 11.8 Å². The van der Waals surface area contributed by atoms with Crippen LogP contribution in [0.4, 0.5) is 0 Å². The van der Waals surface area contributed by atoms with E-state index >= 15 is 0 Å². The number of benzene rings is 2. The average molecular weight is 449 g/mol. The van der Waals surface area contributed by atoms with E-state index in [-0.39, 0.29) is 0 Å². The lowest BCUT2D eigenvalue weighted by molar-refractivity contribution is 0.689. The van der Waals surface area contributed by atoms with Crippen molar-refractivity contribution in [3.05, 3.63) is 101 Å². The van der Waals surface area contributed by atoms with Crippen LogP contribution in [0.3, 0.4) is 0 Å². The third-order valence-electron chi connectivity index (χ3n) is 5.30. The van der Waals surface area contributed by atoms with Crippen molar-refractivity contribution >= 4 is 23.0 Å². The van der Waals surface area contributed by atoms with Gasteiger partial charge in [-0.1, -0.05) is 66.7 Å². The highest BCUT2D eigenvalue weighted by atomic mass is 32.1. The molecule has 0 spiro atoms. The zero-order chi connectivity index (χ0) is 22.6. The Morgan fingerprint density at radius 1 is 1.00 bits per heavy atom. The number of nitriles is 1. The van der Waals surface area contributed by atoms with Gasteiger partial charge in [-0.05, 0) is 23.1 Å². The minimum absolute atomic E-state index is 0.434. The van der Waals surface area contributed by atoms with E-state index in [0.29, 0.717) is 23.8 Å². The van der Waals surface area contributed by atoms with Gasteiger partial charge in [0.25, 0.3) is 0 Å². The second-order valence-corrected chi connectivity index (χ2v) is 8.48. The van der Waals surface area contributed by atoms with Crippen LogP contribution in [0.25, 0.3) is 33.6 Å². The van der Waals surface area contributed by atoms with Crippen molar-refractivity contribution in [2.45, 2.75) is 6.54 Å². The SMILES string of the molecule is Cn1c(C(C#N)=Cc2cn(Cc3ccccc3)nc2-c2cccs2)nnc1-c1ccccc1. The number of nitrogens with zero attached hydrogens (tertiary/aromatic N) is 6. The fourth-order valence-electron chi connectivity index (χ4n) is 3.70. The number of allylic oxidation sites excluding steroid dienone is 1. The molecule has 33 heavy (non-hydrogen) atoms. The highest BCUT2D eigenvalue weighted by Crippen LogP contribution is 2.30. The number of rotatable bonds is 6. The zero-order valence-electron chi connectivity index (χ0n) is 18.0. The molecule has 0 aliphatic carbocycles. The smallest absolute Gasteiger partial charge is 0.174 e. The van der Waals surface area contributed by atoms with Crippen molar-refractivity contribution in [2.75, 3.05) is 0 Å². The molecule has 6 nitrogen and oxygen atoms in total. The summed E-state index contributed by atoms with van der Waals surface area (Å²) in [6.07, 6.45) is 3.83. The Hall–Kier alpha value is -4.28. The van der Waals surface area contributed by atoms with E-state index in [0.717, 1.165) is 27.3 Å². The first-order valence-electron chi connectivity index (χ1n) is 10.4. The first-order valence-corrected chi connectivity index (χ1v) is 11.3.